The minimum atomic E-state index is -0.905. The van der Waals surface area contributed by atoms with Gasteiger partial charge in [0.1, 0.15) is 11.9 Å². The molecule has 1 aromatic heterocycles. The molecule has 0 amide bonds. The summed E-state index contributed by atoms with van der Waals surface area (Å²) in [4.78, 5) is 12.3. The summed E-state index contributed by atoms with van der Waals surface area (Å²) >= 11 is 0. The van der Waals surface area contributed by atoms with Crippen molar-refractivity contribution in [2.45, 2.75) is 25.4 Å². The molecular formula is C21H19FN2O2. The van der Waals surface area contributed by atoms with Crippen molar-refractivity contribution in [1.29, 1.82) is 0 Å². The highest BCUT2D eigenvalue weighted by molar-refractivity contribution is 5.91. The summed E-state index contributed by atoms with van der Waals surface area (Å²) in [5, 5.41) is 14.3. The molecule has 5 heteroatoms. The first kappa shape index (κ1) is 16.4. The molecular weight excluding hydrogens is 331 g/mol. The fourth-order valence-corrected chi connectivity index (χ4v) is 3.81. The molecule has 1 aliphatic heterocycles. The lowest BCUT2D eigenvalue weighted by Crippen LogP contribution is -2.26. The van der Waals surface area contributed by atoms with E-state index in [9.17, 15) is 14.3 Å². The maximum atomic E-state index is 13.3. The Hall–Kier alpha value is -3.08. The number of rotatable bonds is 4. The van der Waals surface area contributed by atoms with E-state index in [2.05, 4.69) is 5.32 Å². The fraction of sp³-hybridized carbons (Fsp3) is 0.190. The van der Waals surface area contributed by atoms with Gasteiger partial charge in [0.05, 0.1) is 0 Å². The van der Waals surface area contributed by atoms with Gasteiger partial charge in [0.25, 0.3) is 0 Å². The second kappa shape index (κ2) is 6.33. The van der Waals surface area contributed by atoms with E-state index < -0.39 is 12.0 Å². The Morgan fingerprint density at radius 3 is 2.65 bits per heavy atom. The van der Waals surface area contributed by atoms with Gasteiger partial charge in [0.15, 0.2) is 0 Å². The molecule has 2 N–H and O–H groups in total. The van der Waals surface area contributed by atoms with Gasteiger partial charge in [0.2, 0.25) is 0 Å². The SMILES string of the molecule is CC(c1ccc(F)cc1)C(C(=O)O)n1c2c(c3ccccc31)CNC=C2. The lowest BCUT2D eigenvalue weighted by atomic mass is 9.92. The van der Waals surface area contributed by atoms with Crippen LogP contribution in [0.1, 0.15) is 35.7 Å². The van der Waals surface area contributed by atoms with Gasteiger partial charge < -0.3 is 15.0 Å². The first-order valence-corrected chi connectivity index (χ1v) is 8.58. The molecule has 132 valence electrons. The van der Waals surface area contributed by atoms with Gasteiger partial charge in [-0.25, -0.2) is 9.18 Å². The number of nitrogens with zero attached hydrogens (tertiary/aromatic N) is 1. The van der Waals surface area contributed by atoms with Crippen molar-refractivity contribution in [3.05, 3.63) is 77.4 Å². The Bertz CT molecular complexity index is 1000. The van der Waals surface area contributed by atoms with Crippen LogP contribution in [0.15, 0.2) is 54.7 Å². The Kier molecular flexibility index (Phi) is 3.99. The topological polar surface area (TPSA) is 54.3 Å². The second-order valence-corrected chi connectivity index (χ2v) is 6.59. The van der Waals surface area contributed by atoms with Gasteiger partial charge in [-0.05, 0) is 36.0 Å². The van der Waals surface area contributed by atoms with Crippen LogP contribution in [-0.4, -0.2) is 15.6 Å². The highest BCUT2D eigenvalue weighted by atomic mass is 19.1. The predicted octanol–water partition coefficient (Wildman–Crippen LogP) is 4.28. The molecule has 2 atom stereocenters. The van der Waals surface area contributed by atoms with Gasteiger partial charge in [-0.3, -0.25) is 0 Å². The monoisotopic (exact) mass is 350 g/mol. The number of hydrogen-bond acceptors (Lipinski definition) is 2. The zero-order chi connectivity index (χ0) is 18.3. The molecule has 3 aromatic rings. The van der Waals surface area contributed by atoms with Crippen molar-refractivity contribution in [2.24, 2.45) is 0 Å². The minimum Gasteiger partial charge on any atom is -0.480 e. The summed E-state index contributed by atoms with van der Waals surface area (Å²) in [7, 11) is 0. The lowest BCUT2D eigenvalue weighted by Gasteiger charge is -2.25. The molecule has 26 heavy (non-hydrogen) atoms. The summed E-state index contributed by atoms with van der Waals surface area (Å²) in [5.41, 5.74) is 3.70. The fourth-order valence-electron chi connectivity index (χ4n) is 3.81. The van der Waals surface area contributed by atoms with Crippen molar-refractivity contribution in [2.75, 3.05) is 0 Å². The molecule has 2 heterocycles. The van der Waals surface area contributed by atoms with Gasteiger partial charge in [-0.2, -0.15) is 0 Å². The van der Waals surface area contributed by atoms with Crippen LogP contribution < -0.4 is 5.32 Å². The highest BCUT2D eigenvalue weighted by Gasteiger charge is 2.32. The number of carbonyl (C=O) groups is 1. The summed E-state index contributed by atoms with van der Waals surface area (Å²) in [6.07, 6.45) is 3.77. The third kappa shape index (κ3) is 2.56. The average Bonchev–Trinajstić information content (AvgIpc) is 2.97. The van der Waals surface area contributed by atoms with Gasteiger partial charge in [0, 0.05) is 34.6 Å². The first-order valence-electron chi connectivity index (χ1n) is 8.58. The standard InChI is InChI=1S/C21H19FN2O2/c1-13(14-6-8-15(22)9-7-14)20(21(25)26)24-18-5-3-2-4-16(18)17-12-23-11-10-19(17)24/h2-11,13,20,23H,12H2,1H3,(H,25,26). The second-order valence-electron chi connectivity index (χ2n) is 6.59. The maximum Gasteiger partial charge on any atom is 0.327 e. The van der Waals surface area contributed by atoms with E-state index >= 15 is 0 Å². The first-order chi connectivity index (χ1) is 12.6. The Morgan fingerprint density at radius 2 is 1.92 bits per heavy atom. The molecule has 1 aliphatic rings. The number of carboxylic acid groups (broad SMARTS) is 1. The van der Waals surface area contributed by atoms with Crippen molar-refractivity contribution >= 4 is 22.9 Å². The number of fused-ring (bicyclic) bond motifs is 3. The van der Waals surface area contributed by atoms with E-state index in [4.69, 9.17) is 0 Å². The van der Waals surface area contributed by atoms with Crippen LogP contribution in [-0.2, 0) is 11.3 Å². The molecule has 0 aliphatic carbocycles. The van der Waals surface area contributed by atoms with Gasteiger partial charge >= 0.3 is 5.97 Å². The Labute approximate surface area is 150 Å². The molecule has 0 radical (unpaired) electrons. The molecule has 0 fully saturated rings. The molecule has 2 aromatic carbocycles. The van der Waals surface area contributed by atoms with Crippen LogP contribution in [0, 0.1) is 5.82 Å². The number of hydrogen-bond donors (Lipinski definition) is 2. The number of aromatic nitrogens is 1. The normalized spacial score (nSPS) is 15.3. The van der Waals surface area contributed by atoms with Crippen LogP contribution in [0.5, 0.6) is 0 Å². The van der Waals surface area contributed by atoms with Crippen LogP contribution in [0.4, 0.5) is 4.39 Å². The van der Waals surface area contributed by atoms with Crippen molar-refractivity contribution in [1.82, 2.24) is 9.88 Å². The molecule has 4 nitrogen and oxygen atoms in total. The van der Waals surface area contributed by atoms with E-state index in [1.807, 2.05) is 48.0 Å². The summed E-state index contributed by atoms with van der Waals surface area (Å²) < 4.78 is 15.2. The number of nitrogens with one attached hydrogen (secondary N) is 1. The third-order valence-corrected chi connectivity index (χ3v) is 5.10. The number of benzene rings is 2. The largest absolute Gasteiger partial charge is 0.480 e. The minimum absolute atomic E-state index is 0.323. The van der Waals surface area contributed by atoms with Gasteiger partial charge in [-0.15, -0.1) is 0 Å². The van der Waals surface area contributed by atoms with Gasteiger partial charge in [-0.1, -0.05) is 37.3 Å². The summed E-state index contributed by atoms with van der Waals surface area (Å²) in [6, 6.07) is 13.1. The summed E-state index contributed by atoms with van der Waals surface area (Å²) in [5.74, 6) is -1.56. The van der Waals surface area contributed by atoms with Crippen LogP contribution in [0.3, 0.4) is 0 Å². The average molecular weight is 350 g/mol. The number of carboxylic acids is 1. The highest BCUT2D eigenvalue weighted by Crippen LogP contribution is 2.37. The van der Waals surface area contributed by atoms with E-state index in [0.717, 1.165) is 27.7 Å². The van der Waals surface area contributed by atoms with E-state index in [-0.39, 0.29) is 11.7 Å². The quantitative estimate of drug-likeness (QED) is 0.738. The molecule has 0 saturated carbocycles. The zero-order valence-corrected chi connectivity index (χ0v) is 14.3. The third-order valence-electron chi connectivity index (χ3n) is 5.10. The van der Waals surface area contributed by atoms with E-state index in [0.29, 0.717) is 6.54 Å². The molecule has 0 saturated heterocycles. The van der Waals surface area contributed by atoms with Crippen LogP contribution >= 0.6 is 0 Å². The lowest BCUT2D eigenvalue weighted by molar-refractivity contribution is -0.141. The Morgan fingerprint density at radius 1 is 1.19 bits per heavy atom. The van der Waals surface area contributed by atoms with E-state index in [1.54, 1.807) is 12.1 Å². The Balaban J connectivity index is 1.92. The molecule has 0 spiro atoms. The zero-order valence-electron chi connectivity index (χ0n) is 14.3. The molecule has 0 bridgehead atoms. The van der Waals surface area contributed by atoms with Crippen LogP contribution in [0.25, 0.3) is 17.0 Å². The van der Waals surface area contributed by atoms with Crippen molar-refractivity contribution < 1.29 is 14.3 Å². The number of halogens is 1. The van der Waals surface area contributed by atoms with Crippen molar-refractivity contribution in [3.63, 3.8) is 0 Å². The van der Waals surface area contributed by atoms with Crippen LogP contribution in [0.2, 0.25) is 0 Å². The molecule has 2 unspecified atom stereocenters. The summed E-state index contributed by atoms with van der Waals surface area (Å²) in [6.45, 7) is 2.54. The number of aliphatic carboxylic acids is 1. The maximum absolute atomic E-state index is 13.3. The van der Waals surface area contributed by atoms with E-state index in [1.165, 1.54) is 12.1 Å². The number of para-hydroxylation sites is 1. The molecule has 4 rings (SSSR count). The van der Waals surface area contributed by atoms with Crippen molar-refractivity contribution in [3.8, 4) is 0 Å². The predicted molar refractivity (Wildman–Crippen MR) is 99.3 cm³/mol. The smallest absolute Gasteiger partial charge is 0.327 e.